The number of fused-ring (bicyclic) bond motifs is 1. The van der Waals surface area contributed by atoms with Crippen LogP contribution in [0.2, 0.25) is 0 Å². The van der Waals surface area contributed by atoms with E-state index in [2.05, 4.69) is 36.1 Å². The Morgan fingerprint density at radius 1 is 1.17 bits per heavy atom. The Balaban J connectivity index is 1.52. The first-order valence-corrected chi connectivity index (χ1v) is 10.0. The zero-order valence-corrected chi connectivity index (χ0v) is 17.8. The van der Waals surface area contributed by atoms with Crippen molar-refractivity contribution in [1.82, 2.24) is 9.55 Å². The van der Waals surface area contributed by atoms with Crippen LogP contribution in [0.25, 0.3) is 10.9 Å². The first-order valence-electron chi connectivity index (χ1n) is 9.23. The summed E-state index contributed by atoms with van der Waals surface area (Å²) in [5, 5.41) is 6.71. The minimum Gasteiger partial charge on any atom is -0.496 e. The summed E-state index contributed by atoms with van der Waals surface area (Å²) in [5.41, 5.74) is 9.23. The lowest BCUT2D eigenvalue weighted by Crippen LogP contribution is -2.19. The van der Waals surface area contributed by atoms with Gasteiger partial charge in [-0.2, -0.15) is 0 Å². The molecule has 0 aliphatic carbocycles. The molecule has 4 N–H and O–H groups in total. The van der Waals surface area contributed by atoms with E-state index in [-0.39, 0.29) is 6.03 Å². The second-order valence-electron chi connectivity index (χ2n) is 6.70. The Labute approximate surface area is 182 Å². The first-order chi connectivity index (χ1) is 14.5. The number of anilines is 3. The van der Waals surface area contributed by atoms with Gasteiger partial charge in [-0.15, -0.1) is 0 Å². The van der Waals surface area contributed by atoms with E-state index in [4.69, 9.17) is 10.5 Å². The number of nitrogens with two attached hydrogens (primary N) is 1. The molecule has 0 aliphatic heterocycles. The maximum atomic E-state index is 12.5. The van der Waals surface area contributed by atoms with E-state index in [1.54, 1.807) is 31.5 Å². The minimum atomic E-state index is -0.325. The maximum absolute atomic E-state index is 12.5. The Hall–Kier alpha value is -3.52. The van der Waals surface area contributed by atoms with Gasteiger partial charge >= 0.3 is 6.03 Å². The standard InChI is InChI=1S/C22H20BrN5O2/c1-30-20-6-5-15(12-17(20)23)26-22(29)27-18-3-2-4-19-16(18)8-10-28(19)13-14-7-9-25-21(24)11-14/h2-12H,13H2,1H3,(H2,24,25)(H2,26,27,29). The van der Waals surface area contributed by atoms with Crippen LogP contribution in [0.4, 0.5) is 22.0 Å². The summed E-state index contributed by atoms with van der Waals surface area (Å²) in [5.74, 6) is 1.19. The highest BCUT2D eigenvalue weighted by atomic mass is 79.9. The van der Waals surface area contributed by atoms with Gasteiger partial charge in [0, 0.05) is 30.0 Å². The van der Waals surface area contributed by atoms with Crippen LogP contribution in [0.3, 0.4) is 0 Å². The van der Waals surface area contributed by atoms with Gasteiger partial charge in [0.2, 0.25) is 0 Å². The van der Waals surface area contributed by atoms with Gasteiger partial charge in [-0.1, -0.05) is 6.07 Å². The number of carbonyl (C=O) groups excluding carboxylic acids is 1. The van der Waals surface area contributed by atoms with E-state index in [0.717, 1.165) is 26.6 Å². The van der Waals surface area contributed by atoms with Crippen molar-refractivity contribution in [3.8, 4) is 5.75 Å². The molecule has 0 aliphatic rings. The smallest absolute Gasteiger partial charge is 0.323 e. The topological polar surface area (TPSA) is 94.2 Å². The quantitative estimate of drug-likeness (QED) is 0.382. The monoisotopic (exact) mass is 465 g/mol. The highest BCUT2D eigenvalue weighted by Gasteiger charge is 2.10. The minimum absolute atomic E-state index is 0.325. The van der Waals surface area contributed by atoms with Crippen molar-refractivity contribution in [2.75, 3.05) is 23.5 Å². The Morgan fingerprint density at radius 3 is 2.80 bits per heavy atom. The first kappa shape index (κ1) is 19.8. The van der Waals surface area contributed by atoms with Crippen LogP contribution in [-0.2, 0) is 6.54 Å². The summed E-state index contributed by atoms with van der Waals surface area (Å²) in [6.07, 6.45) is 3.69. The molecular formula is C22H20BrN5O2. The van der Waals surface area contributed by atoms with Crippen molar-refractivity contribution in [2.45, 2.75) is 6.54 Å². The number of hydrogen-bond donors (Lipinski definition) is 3. The fraction of sp³-hybridized carbons (Fsp3) is 0.0909. The molecule has 30 heavy (non-hydrogen) atoms. The average Bonchev–Trinajstić information content (AvgIpc) is 3.12. The molecule has 0 unspecified atom stereocenters. The zero-order valence-electron chi connectivity index (χ0n) is 16.2. The van der Waals surface area contributed by atoms with Gasteiger partial charge in [0.05, 0.1) is 22.8 Å². The summed E-state index contributed by atoms with van der Waals surface area (Å²) in [4.78, 5) is 16.6. The number of nitrogen functional groups attached to an aromatic ring is 1. The van der Waals surface area contributed by atoms with Crippen LogP contribution >= 0.6 is 15.9 Å². The molecule has 152 valence electrons. The summed E-state index contributed by atoms with van der Waals surface area (Å²) in [6, 6.07) is 16.6. The SMILES string of the molecule is COc1ccc(NC(=O)Nc2cccc3c2ccn3Cc2ccnc(N)c2)cc1Br. The van der Waals surface area contributed by atoms with Gasteiger partial charge in [0.25, 0.3) is 0 Å². The number of pyridine rings is 1. The molecule has 4 rings (SSSR count). The lowest BCUT2D eigenvalue weighted by Gasteiger charge is -2.11. The highest BCUT2D eigenvalue weighted by Crippen LogP contribution is 2.28. The van der Waals surface area contributed by atoms with Crippen LogP contribution in [0.5, 0.6) is 5.75 Å². The number of urea groups is 1. The molecule has 8 heteroatoms. The van der Waals surface area contributed by atoms with E-state index in [1.807, 2.05) is 42.6 Å². The molecule has 0 fully saturated rings. The number of hydrogen-bond acceptors (Lipinski definition) is 4. The second kappa shape index (κ2) is 8.46. The number of amides is 2. The number of aromatic nitrogens is 2. The molecule has 2 heterocycles. The zero-order chi connectivity index (χ0) is 21.1. The van der Waals surface area contributed by atoms with Crippen molar-refractivity contribution < 1.29 is 9.53 Å². The highest BCUT2D eigenvalue weighted by molar-refractivity contribution is 9.10. The van der Waals surface area contributed by atoms with E-state index in [9.17, 15) is 4.79 Å². The second-order valence-corrected chi connectivity index (χ2v) is 7.55. The van der Waals surface area contributed by atoms with Crippen LogP contribution in [0.15, 0.2) is 71.5 Å². The normalized spacial score (nSPS) is 10.7. The summed E-state index contributed by atoms with van der Waals surface area (Å²) in [7, 11) is 1.59. The molecule has 0 saturated carbocycles. The van der Waals surface area contributed by atoms with E-state index >= 15 is 0 Å². The van der Waals surface area contributed by atoms with Crippen molar-refractivity contribution in [2.24, 2.45) is 0 Å². The number of benzene rings is 2. The van der Waals surface area contributed by atoms with Gasteiger partial charge in [-0.25, -0.2) is 9.78 Å². The fourth-order valence-electron chi connectivity index (χ4n) is 3.29. The number of halogens is 1. The molecule has 4 aromatic rings. The van der Waals surface area contributed by atoms with E-state index < -0.39 is 0 Å². The number of nitrogens with zero attached hydrogens (tertiary/aromatic N) is 2. The van der Waals surface area contributed by atoms with Crippen LogP contribution < -0.4 is 21.1 Å². The third-order valence-corrected chi connectivity index (χ3v) is 5.29. The molecular weight excluding hydrogens is 446 g/mol. The lowest BCUT2D eigenvalue weighted by atomic mass is 10.2. The summed E-state index contributed by atoms with van der Waals surface area (Å²) in [6.45, 7) is 0.658. The number of nitrogens with one attached hydrogen (secondary N) is 2. The average molecular weight is 466 g/mol. The number of carbonyl (C=O) groups is 1. The van der Waals surface area contributed by atoms with Gasteiger partial charge in [-0.3, -0.25) is 0 Å². The Kier molecular flexibility index (Phi) is 5.58. The molecule has 2 aromatic carbocycles. The molecule has 2 aromatic heterocycles. The number of ether oxygens (including phenoxy) is 1. The van der Waals surface area contributed by atoms with Gasteiger partial charge in [-0.05, 0) is 70.0 Å². The van der Waals surface area contributed by atoms with Crippen molar-refractivity contribution in [3.05, 3.63) is 77.0 Å². The van der Waals surface area contributed by atoms with E-state index in [0.29, 0.717) is 23.8 Å². The molecule has 0 bridgehead atoms. The number of methoxy groups -OCH3 is 1. The van der Waals surface area contributed by atoms with Gasteiger partial charge in [0.15, 0.2) is 0 Å². The fourth-order valence-corrected chi connectivity index (χ4v) is 3.83. The van der Waals surface area contributed by atoms with Crippen molar-refractivity contribution in [3.63, 3.8) is 0 Å². The van der Waals surface area contributed by atoms with Gasteiger partial charge < -0.3 is 25.7 Å². The Morgan fingerprint density at radius 2 is 2.03 bits per heavy atom. The molecule has 0 spiro atoms. The molecule has 7 nitrogen and oxygen atoms in total. The van der Waals surface area contributed by atoms with Crippen LogP contribution in [0.1, 0.15) is 5.56 Å². The largest absolute Gasteiger partial charge is 0.496 e. The molecule has 0 saturated heterocycles. The van der Waals surface area contributed by atoms with Crippen molar-refractivity contribution >= 4 is 50.1 Å². The number of rotatable bonds is 5. The molecule has 2 amide bonds. The van der Waals surface area contributed by atoms with Crippen LogP contribution in [-0.4, -0.2) is 22.7 Å². The van der Waals surface area contributed by atoms with E-state index in [1.165, 1.54) is 0 Å². The lowest BCUT2D eigenvalue weighted by molar-refractivity contribution is 0.262. The predicted octanol–water partition coefficient (Wildman–Crippen LogP) is 5.08. The van der Waals surface area contributed by atoms with Crippen molar-refractivity contribution in [1.29, 1.82) is 0 Å². The molecule has 0 atom stereocenters. The third kappa shape index (κ3) is 4.23. The van der Waals surface area contributed by atoms with Gasteiger partial charge in [0.1, 0.15) is 11.6 Å². The maximum Gasteiger partial charge on any atom is 0.323 e. The van der Waals surface area contributed by atoms with Crippen LogP contribution in [0, 0.1) is 0 Å². The predicted molar refractivity (Wildman–Crippen MR) is 123 cm³/mol. The summed E-state index contributed by atoms with van der Waals surface area (Å²) < 4.78 is 8.08. The Bertz CT molecular complexity index is 1220. The third-order valence-electron chi connectivity index (χ3n) is 4.67. The summed E-state index contributed by atoms with van der Waals surface area (Å²) >= 11 is 3.42. The molecule has 0 radical (unpaired) electrons.